The molecule has 0 amide bonds. The fourth-order valence-electron chi connectivity index (χ4n) is 4.33. The van der Waals surface area contributed by atoms with Crippen LogP contribution in [0.4, 0.5) is 4.39 Å². The molecule has 0 N–H and O–H groups in total. The summed E-state index contributed by atoms with van der Waals surface area (Å²) in [5, 5.41) is 5.73. The van der Waals surface area contributed by atoms with E-state index in [-0.39, 0.29) is 23.8 Å². The van der Waals surface area contributed by atoms with Crippen molar-refractivity contribution in [3.05, 3.63) is 123 Å². The van der Waals surface area contributed by atoms with Gasteiger partial charge in [-0.15, -0.1) is 0 Å². The van der Waals surface area contributed by atoms with Crippen LogP contribution >= 0.6 is 15.9 Å². The van der Waals surface area contributed by atoms with E-state index in [1.807, 2.05) is 36.4 Å². The first-order chi connectivity index (χ1) is 19.5. The minimum atomic E-state index is -0.354. The van der Waals surface area contributed by atoms with E-state index in [4.69, 9.17) is 18.9 Å². The lowest BCUT2D eigenvalue weighted by atomic mass is 10.2. The summed E-state index contributed by atoms with van der Waals surface area (Å²) in [5.41, 5.74) is 2.19. The molecule has 0 unspecified atom stereocenters. The number of methoxy groups -OCH3 is 1. The molecular formula is C31H21BrFN3O4. The van der Waals surface area contributed by atoms with Crippen LogP contribution < -0.4 is 15.0 Å². The van der Waals surface area contributed by atoms with Gasteiger partial charge >= 0.3 is 0 Å². The van der Waals surface area contributed by atoms with Crippen molar-refractivity contribution in [1.82, 2.24) is 9.66 Å². The van der Waals surface area contributed by atoms with Crippen LogP contribution in [-0.4, -0.2) is 23.0 Å². The third-order valence-electron chi connectivity index (χ3n) is 6.31. The molecule has 6 rings (SSSR count). The summed E-state index contributed by atoms with van der Waals surface area (Å²) in [6, 6.07) is 25.9. The van der Waals surface area contributed by atoms with E-state index >= 15 is 0 Å². The molecule has 0 aliphatic heterocycles. The molecule has 0 fully saturated rings. The van der Waals surface area contributed by atoms with Gasteiger partial charge in [0.25, 0.3) is 5.56 Å². The first-order valence-electron chi connectivity index (χ1n) is 12.3. The third kappa shape index (κ3) is 4.99. The fourth-order valence-corrected chi connectivity index (χ4v) is 4.70. The van der Waals surface area contributed by atoms with Crippen molar-refractivity contribution < 1.29 is 18.3 Å². The zero-order valence-electron chi connectivity index (χ0n) is 21.2. The number of para-hydroxylation sites is 1. The van der Waals surface area contributed by atoms with E-state index in [1.165, 1.54) is 23.0 Å². The fraction of sp³-hybridized carbons (Fsp3) is 0.0645. The Balaban J connectivity index is 1.44. The van der Waals surface area contributed by atoms with Gasteiger partial charge in [0.15, 0.2) is 5.76 Å². The monoisotopic (exact) mass is 597 g/mol. The van der Waals surface area contributed by atoms with Gasteiger partial charge in [-0.1, -0.05) is 46.3 Å². The highest BCUT2D eigenvalue weighted by atomic mass is 79.9. The van der Waals surface area contributed by atoms with Gasteiger partial charge in [-0.3, -0.25) is 4.79 Å². The van der Waals surface area contributed by atoms with Crippen LogP contribution in [-0.2, 0) is 6.61 Å². The molecule has 7 nitrogen and oxygen atoms in total. The van der Waals surface area contributed by atoms with Crippen molar-refractivity contribution in [3.63, 3.8) is 0 Å². The molecule has 0 bridgehead atoms. The Hall–Kier alpha value is -4.76. The number of hydrogen-bond acceptors (Lipinski definition) is 6. The van der Waals surface area contributed by atoms with Crippen LogP contribution in [0, 0.1) is 5.82 Å². The van der Waals surface area contributed by atoms with Crippen LogP contribution in [0.5, 0.6) is 11.5 Å². The highest BCUT2D eigenvalue weighted by Crippen LogP contribution is 2.33. The molecule has 0 radical (unpaired) electrons. The molecule has 0 spiro atoms. The molecule has 40 heavy (non-hydrogen) atoms. The van der Waals surface area contributed by atoms with Crippen molar-refractivity contribution in [1.29, 1.82) is 0 Å². The first kappa shape index (κ1) is 25.5. The second-order valence-corrected chi connectivity index (χ2v) is 9.81. The Morgan fingerprint density at radius 3 is 2.62 bits per heavy atom. The molecule has 2 aromatic heterocycles. The molecule has 0 aliphatic carbocycles. The Kier molecular flexibility index (Phi) is 6.88. The summed E-state index contributed by atoms with van der Waals surface area (Å²) in [7, 11) is 1.59. The van der Waals surface area contributed by atoms with Gasteiger partial charge in [0.05, 0.1) is 29.6 Å². The van der Waals surface area contributed by atoms with Crippen LogP contribution in [0.3, 0.4) is 0 Å². The van der Waals surface area contributed by atoms with E-state index in [9.17, 15) is 9.18 Å². The Morgan fingerprint density at radius 2 is 1.80 bits per heavy atom. The predicted molar refractivity (Wildman–Crippen MR) is 156 cm³/mol. The number of fused-ring (bicyclic) bond motifs is 2. The number of benzene rings is 4. The van der Waals surface area contributed by atoms with Crippen molar-refractivity contribution in [2.75, 3.05) is 7.11 Å². The van der Waals surface area contributed by atoms with Gasteiger partial charge < -0.3 is 13.9 Å². The molecule has 4 aromatic carbocycles. The normalized spacial score (nSPS) is 11.5. The van der Waals surface area contributed by atoms with Gasteiger partial charge in [-0.05, 0) is 66.2 Å². The number of aromatic nitrogens is 2. The van der Waals surface area contributed by atoms with Crippen molar-refractivity contribution in [3.8, 4) is 23.1 Å². The highest BCUT2D eigenvalue weighted by molar-refractivity contribution is 9.10. The van der Waals surface area contributed by atoms with E-state index in [0.717, 1.165) is 15.4 Å². The maximum Gasteiger partial charge on any atom is 0.282 e. The SMILES string of the molecule is COc1cccc2oc(-c3nc4ccccc4c(=O)n3N=Cc3cc(Br)ccc3OCc3ccc(F)cc3)cc12. The molecule has 0 saturated carbocycles. The number of hydrogen-bond donors (Lipinski definition) is 0. The minimum Gasteiger partial charge on any atom is -0.496 e. The van der Waals surface area contributed by atoms with Crippen LogP contribution in [0.2, 0.25) is 0 Å². The van der Waals surface area contributed by atoms with E-state index in [0.29, 0.717) is 39.3 Å². The standard InChI is InChI=1S/C31H21BrFN3O4/c1-38-27-7-4-8-28-24(27)16-29(40-28)30-35-25-6-3-2-5-23(25)31(37)36(30)34-17-20-15-21(32)11-14-26(20)39-18-19-9-12-22(33)13-10-19/h2-17H,18H2,1H3. The van der Waals surface area contributed by atoms with E-state index in [2.05, 4.69) is 21.0 Å². The van der Waals surface area contributed by atoms with Crippen molar-refractivity contribution >= 4 is 44.0 Å². The second kappa shape index (κ2) is 10.8. The topological polar surface area (TPSA) is 78.9 Å². The molecule has 198 valence electrons. The molecule has 9 heteroatoms. The summed E-state index contributed by atoms with van der Waals surface area (Å²) >= 11 is 3.49. The number of rotatable bonds is 7. The summed E-state index contributed by atoms with van der Waals surface area (Å²) < 4.78 is 32.9. The van der Waals surface area contributed by atoms with Gasteiger partial charge in [0.1, 0.15) is 29.5 Å². The molecule has 0 atom stereocenters. The Morgan fingerprint density at radius 1 is 0.975 bits per heavy atom. The smallest absolute Gasteiger partial charge is 0.282 e. The second-order valence-electron chi connectivity index (χ2n) is 8.89. The quantitative estimate of drug-likeness (QED) is 0.182. The minimum absolute atomic E-state index is 0.228. The average Bonchev–Trinajstić information content (AvgIpc) is 3.41. The highest BCUT2D eigenvalue weighted by Gasteiger charge is 2.18. The zero-order valence-corrected chi connectivity index (χ0v) is 22.8. The van der Waals surface area contributed by atoms with E-state index in [1.54, 1.807) is 49.6 Å². The van der Waals surface area contributed by atoms with Gasteiger partial charge in [0, 0.05) is 10.0 Å². The van der Waals surface area contributed by atoms with E-state index < -0.39 is 0 Å². The number of ether oxygens (including phenoxy) is 2. The van der Waals surface area contributed by atoms with Crippen LogP contribution in [0.15, 0.2) is 110 Å². The lowest BCUT2D eigenvalue weighted by molar-refractivity contribution is 0.305. The van der Waals surface area contributed by atoms with Crippen molar-refractivity contribution in [2.24, 2.45) is 5.10 Å². The molecule has 2 heterocycles. The molecule has 6 aromatic rings. The lowest BCUT2D eigenvalue weighted by Crippen LogP contribution is -2.20. The number of halogens is 2. The third-order valence-corrected chi connectivity index (χ3v) is 6.80. The summed E-state index contributed by atoms with van der Waals surface area (Å²) in [6.45, 7) is 0.228. The van der Waals surface area contributed by atoms with Gasteiger partial charge in [0.2, 0.25) is 5.82 Å². The summed E-state index contributed by atoms with van der Waals surface area (Å²) in [6.07, 6.45) is 1.54. The Labute approximate surface area is 236 Å². The lowest BCUT2D eigenvalue weighted by Gasteiger charge is -2.11. The predicted octanol–water partition coefficient (Wildman–Crippen LogP) is 7.18. The maximum atomic E-state index is 13.6. The average molecular weight is 598 g/mol. The van der Waals surface area contributed by atoms with Gasteiger partial charge in [-0.2, -0.15) is 9.78 Å². The molecular weight excluding hydrogens is 577 g/mol. The maximum absolute atomic E-state index is 13.6. The zero-order chi connectivity index (χ0) is 27.6. The largest absolute Gasteiger partial charge is 0.496 e. The summed E-state index contributed by atoms with van der Waals surface area (Å²) in [4.78, 5) is 18.4. The first-order valence-corrected chi connectivity index (χ1v) is 13.1. The van der Waals surface area contributed by atoms with Crippen LogP contribution in [0.25, 0.3) is 33.5 Å². The number of nitrogens with zero attached hydrogens (tertiary/aromatic N) is 3. The van der Waals surface area contributed by atoms with Crippen LogP contribution in [0.1, 0.15) is 11.1 Å². The Bertz CT molecular complexity index is 1950. The molecule has 0 saturated heterocycles. The number of furan rings is 1. The van der Waals surface area contributed by atoms with Gasteiger partial charge in [-0.25, -0.2) is 9.37 Å². The molecule has 0 aliphatic rings. The van der Waals surface area contributed by atoms with Crippen molar-refractivity contribution in [2.45, 2.75) is 6.61 Å². The summed E-state index contributed by atoms with van der Waals surface area (Å²) in [5.74, 6) is 1.47.